The quantitative estimate of drug-likeness (QED) is 0.624. The van der Waals surface area contributed by atoms with Gasteiger partial charge in [0, 0.05) is 18.4 Å². The number of alkyl halides is 2. The van der Waals surface area contributed by atoms with Crippen molar-refractivity contribution in [2.45, 2.75) is 66.7 Å². The van der Waals surface area contributed by atoms with Crippen LogP contribution in [0.4, 0.5) is 8.78 Å². The molecule has 0 aromatic rings. The van der Waals surface area contributed by atoms with Gasteiger partial charge in [-0.2, -0.15) is 0 Å². The topological polar surface area (TPSA) is 9.23 Å². The molecule has 0 N–H and O–H groups in total. The summed E-state index contributed by atoms with van der Waals surface area (Å²) in [5, 5.41) is 0. The second-order valence-electron chi connectivity index (χ2n) is 6.61. The molecule has 1 nitrogen and oxygen atoms in total. The zero-order valence-electron chi connectivity index (χ0n) is 12.2. The van der Waals surface area contributed by atoms with Crippen molar-refractivity contribution in [3.8, 4) is 0 Å². The van der Waals surface area contributed by atoms with Gasteiger partial charge in [0.25, 0.3) is 5.92 Å². The average molecular weight is 250 g/mol. The van der Waals surface area contributed by atoms with E-state index in [4.69, 9.17) is 4.74 Å². The van der Waals surface area contributed by atoms with Crippen LogP contribution in [-0.2, 0) is 4.74 Å². The smallest absolute Gasteiger partial charge is 0.252 e. The van der Waals surface area contributed by atoms with E-state index in [1.807, 2.05) is 6.92 Å². The van der Waals surface area contributed by atoms with Crippen LogP contribution >= 0.6 is 0 Å². The molecule has 0 bridgehead atoms. The summed E-state index contributed by atoms with van der Waals surface area (Å²) in [6.07, 6.45) is 1.29. The molecular weight excluding hydrogens is 222 g/mol. The fourth-order valence-corrected chi connectivity index (χ4v) is 1.61. The minimum atomic E-state index is -2.59. The van der Waals surface area contributed by atoms with Crippen LogP contribution in [0.5, 0.6) is 0 Å². The lowest BCUT2D eigenvalue weighted by atomic mass is 9.82. The van der Waals surface area contributed by atoms with E-state index >= 15 is 0 Å². The predicted molar refractivity (Wildman–Crippen MR) is 68.5 cm³/mol. The Bertz CT molecular complexity index is 217. The van der Waals surface area contributed by atoms with Crippen LogP contribution in [0.3, 0.4) is 0 Å². The van der Waals surface area contributed by atoms with Crippen molar-refractivity contribution >= 4 is 0 Å². The molecular formula is C14H28F2O. The zero-order valence-corrected chi connectivity index (χ0v) is 12.2. The van der Waals surface area contributed by atoms with E-state index in [1.165, 1.54) is 0 Å². The van der Waals surface area contributed by atoms with Crippen LogP contribution in [0.1, 0.15) is 60.8 Å². The minimum Gasteiger partial charge on any atom is -0.381 e. The summed E-state index contributed by atoms with van der Waals surface area (Å²) in [5.41, 5.74) is -0.957. The average Bonchev–Trinajstić information content (AvgIpc) is 2.12. The zero-order chi connectivity index (χ0) is 13.7. The highest BCUT2D eigenvalue weighted by Crippen LogP contribution is 2.40. The van der Waals surface area contributed by atoms with Gasteiger partial charge in [0.05, 0.1) is 6.61 Å². The fraction of sp³-hybridized carbons (Fsp3) is 1.00. The molecule has 104 valence electrons. The van der Waals surface area contributed by atoms with Gasteiger partial charge in [0.1, 0.15) is 0 Å². The fourth-order valence-electron chi connectivity index (χ4n) is 1.61. The third kappa shape index (κ3) is 6.35. The Labute approximate surface area is 105 Å². The highest BCUT2D eigenvalue weighted by molar-refractivity contribution is 4.82. The van der Waals surface area contributed by atoms with Crippen molar-refractivity contribution in [2.24, 2.45) is 10.8 Å². The molecule has 0 aliphatic rings. The molecule has 3 heteroatoms. The molecule has 0 amide bonds. The summed E-state index contributed by atoms with van der Waals surface area (Å²) in [4.78, 5) is 0. The third-order valence-corrected chi connectivity index (χ3v) is 3.14. The number of hydrogen-bond acceptors (Lipinski definition) is 1. The highest BCUT2D eigenvalue weighted by atomic mass is 19.3. The SMILES string of the molecule is CCOCC(C)(C)CCCC(F)(F)C(C)(C)C. The molecule has 0 rings (SSSR count). The van der Waals surface area contributed by atoms with Gasteiger partial charge in [-0.15, -0.1) is 0 Å². The summed E-state index contributed by atoms with van der Waals surface area (Å²) in [5.74, 6) is -2.59. The summed E-state index contributed by atoms with van der Waals surface area (Å²) in [6.45, 7) is 12.2. The van der Waals surface area contributed by atoms with Gasteiger partial charge in [0.15, 0.2) is 0 Å². The first kappa shape index (κ1) is 16.8. The first-order chi connectivity index (χ1) is 7.52. The van der Waals surface area contributed by atoms with E-state index in [1.54, 1.807) is 20.8 Å². The molecule has 0 atom stereocenters. The number of halogens is 2. The largest absolute Gasteiger partial charge is 0.381 e. The maximum Gasteiger partial charge on any atom is 0.252 e. The minimum absolute atomic E-state index is 0.00995. The van der Waals surface area contributed by atoms with Gasteiger partial charge >= 0.3 is 0 Å². The van der Waals surface area contributed by atoms with E-state index < -0.39 is 11.3 Å². The Morgan fingerprint density at radius 3 is 1.88 bits per heavy atom. The molecule has 0 spiro atoms. The lowest BCUT2D eigenvalue weighted by molar-refractivity contribution is -0.105. The van der Waals surface area contributed by atoms with Gasteiger partial charge in [-0.3, -0.25) is 0 Å². The first-order valence-corrected chi connectivity index (χ1v) is 6.47. The van der Waals surface area contributed by atoms with Crippen LogP contribution in [-0.4, -0.2) is 19.1 Å². The molecule has 0 aromatic heterocycles. The Morgan fingerprint density at radius 1 is 0.941 bits per heavy atom. The normalized spacial score (nSPS) is 14.1. The molecule has 0 saturated carbocycles. The van der Waals surface area contributed by atoms with Crippen LogP contribution < -0.4 is 0 Å². The standard InChI is InChI=1S/C14H28F2O/c1-7-17-11-13(5,6)9-8-10-14(15,16)12(2,3)4/h7-11H2,1-6H3. The second kappa shape index (κ2) is 6.12. The Hall–Kier alpha value is -0.180. The molecule has 0 unspecified atom stereocenters. The molecule has 0 radical (unpaired) electrons. The number of rotatable bonds is 7. The van der Waals surface area contributed by atoms with Crippen molar-refractivity contribution in [3.63, 3.8) is 0 Å². The Kier molecular flexibility index (Phi) is 6.06. The molecule has 0 fully saturated rings. The summed E-state index contributed by atoms with van der Waals surface area (Å²) < 4.78 is 32.8. The summed E-state index contributed by atoms with van der Waals surface area (Å²) >= 11 is 0. The molecule has 0 aliphatic heterocycles. The maximum absolute atomic E-state index is 13.7. The van der Waals surface area contributed by atoms with Crippen LogP contribution in [0.2, 0.25) is 0 Å². The predicted octanol–water partition coefficient (Wildman–Crippen LogP) is 4.90. The van der Waals surface area contributed by atoms with E-state index in [0.717, 1.165) is 6.42 Å². The molecule has 0 saturated heterocycles. The van der Waals surface area contributed by atoms with Crippen LogP contribution in [0, 0.1) is 10.8 Å². The van der Waals surface area contributed by atoms with E-state index in [0.29, 0.717) is 19.6 Å². The Morgan fingerprint density at radius 2 is 1.47 bits per heavy atom. The van der Waals surface area contributed by atoms with Gasteiger partial charge in [0.2, 0.25) is 0 Å². The molecule has 0 heterocycles. The first-order valence-electron chi connectivity index (χ1n) is 6.47. The molecule has 17 heavy (non-hydrogen) atoms. The highest BCUT2D eigenvalue weighted by Gasteiger charge is 2.42. The third-order valence-electron chi connectivity index (χ3n) is 3.14. The number of ether oxygens (including phenoxy) is 1. The van der Waals surface area contributed by atoms with Gasteiger partial charge < -0.3 is 4.74 Å². The van der Waals surface area contributed by atoms with Crippen LogP contribution in [0.25, 0.3) is 0 Å². The second-order valence-corrected chi connectivity index (χ2v) is 6.61. The molecule has 0 aromatic carbocycles. The molecule has 0 aliphatic carbocycles. The van der Waals surface area contributed by atoms with Crippen LogP contribution in [0.15, 0.2) is 0 Å². The van der Waals surface area contributed by atoms with Gasteiger partial charge in [-0.1, -0.05) is 34.6 Å². The van der Waals surface area contributed by atoms with Crippen molar-refractivity contribution in [1.29, 1.82) is 0 Å². The lowest BCUT2D eigenvalue weighted by Gasteiger charge is -2.32. The lowest BCUT2D eigenvalue weighted by Crippen LogP contribution is -2.34. The van der Waals surface area contributed by atoms with Gasteiger partial charge in [-0.05, 0) is 25.2 Å². The van der Waals surface area contributed by atoms with Gasteiger partial charge in [-0.25, -0.2) is 8.78 Å². The Balaban J connectivity index is 4.06. The number of hydrogen-bond donors (Lipinski definition) is 0. The van der Waals surface area contributed by atoms with Crippen molar-refractivity contribution in [3.05, 3.63) is 0 Å². The monoisotopic (exact) mass is 250 g/mol. The summed E-state index contributed by atoms with van der Waals surface area (Å²) in [6, 6.07) is 0. The van der Waals surface area contributed by atoms with E-state index in [-0.39, 0.29) is 11.8 Å². The van der Waals surface area contributed by atoms with Crippen molar-refractivity contribution < 1.29 is 13.5 Å². The van der Waals surface area contributed by atoms with E-state index in [9.17, 15) is 8.78 Å². The van der Waals surface area contributed by atoms with Crippen molar-refractivity contribution in [2.75, 3.05) is 13.2 Å². The van der Waals surface area contributed by atoms with E-state index in [2.05, 4.69) is 13.8 Å². The van der Waals surface area contributed by atoms with Crippen molar-refractivity contribution in [1.82, 2.24) is 0 Å². The summed E-state index contributed by atoms with van der Waals surface area (Å²) in [7, 11) is 0. The maximum atomic E-state index is 13.7.